The Labute approximate surface area is 90.9 Å². The average Bonchev–Trinajstić information content (AvgIpc) is 2.04. The average molecular weight is 202 g/mol. The summed E-state index contributed by atoms with van der Waals surface area (Å²) in [6, 6.07) is 1.25. The lowest BCUT2D eigenvalue weighted by Crippen LogP contribution is -2.29. The molecule has 0 heterocycles. The lowest BCUT2D eigenvalue weighted by molar-refractivity contribution is 0.518. The van der Waals surface area contributed by atoms with Gasteiger partial charge in [-0.2, -0.15) is 0 Å². The first-order chi connectivity index (χ1) is 6.54. The van der Waals surface area contributed by atoms with Crippen molar-refractivity contribution < 1.29 is 0 Å². The summed E-state index contributed by atoms with van der Waals surface area (Å²) in [5.41, 5.74) is 0. The fourth-order valence-electron chi connectivity index (χ4n) is 1.15. The summed E-state index contributed by atoms with van der Waals surface area (Å²) in [4.78, 5) is 0. The molecule has 0 aromatic heterocycles. The molecule has 0 saturated heterocycles. The zero-order chi connectivity index (χ0) is 11.4. The molecule has 0 rings (SSSR count). The molecule has 0 aromatic rings. The standard InChI is InChI=1S/2C6H15N/c1-5(2)7-6(3)4;1-3-5-7-6-4-2/h5-7H,1-4H3;7H,3-6H2,1-2H3. The van der Waals surface area contributed by atoms with Gasteiger partial charge in [0.2, 0.25) is 0 Å². The molecule has 0 bridgehead atoms. The summed E-state index contributed by atoms with van der Waals surface area (Å²) in [6.45, 7) is 15.3. The van der Waals surface area contributed by atoms with E-state index in [9.17, 15) is 0 Å². The molecule has 2 nitrogen and oxygen atoms in total. The van der Waals surface area contributed by atoms with Gasteiger partial charge in [-0.3, -0.25) is 0 Å². The maximum absolute atomic E-state index is 3.31. The van der Waals surface area contributed by atoms with Crippen LogP contribution in [0.5, 0.6) is 0 Å². The Morgan fingerprint density at radius 2 is 1.14 bits per heavy atom. The van der Waals surface area contributed by atoms with E-state index in [2.05, 4.69) is 52.2 Å². The highest BCUT2D eigenvalue weighted by Crippen LogP contribution is 1.80. The van der Waals surface area contributed by atoms with Crippen LogP contribution in [-0.4, -0.2) is 25.2 Å². The lowest BCUT2D eigenvalue weighted by atomic mass is 10.3. The van der Waals surface area contributed by atoms with Gasteiger partial charge < -0.3 is 10.6 Å². The molecule has 0 aliphatic heterocycles. The predicted molar refractivity (Wildman–Crippen MR) is 66.9 cm³/mol. The van der Waals surface area contributed by atoms with E-state index in [1.54, 1.807) is 0 Å². The van der Waals surface area contributed by atoms with Crippen molar-refractivity contribution in [2.45, 2.75) is 66.5 Å². The third-order valence-corrected chi connectivity index (χ3v) is 1.52. The molecule has 0 fully saturated rings. The van der Waals surface area contributed by atoms with Crippen molar-refractivity contribution in [1.82, 2.24) is 10.6 Å². The van der Waals surface area contributed by atoms with Crippen molar-refractivity contribution in [1.29, 1.82) is 0 Å². The molecule has 0 amide bonds. The Bertz CT molecular complexity index is 80.3. The number of nitrogens with one attached hydrogen (secondary N) is 2. The maximum Gasteiger partial charge on any atom is 0.00127 e. The van der Waals surface area contributed by atoms with Gasteiger partial charge in [-0.25, -0.2) is 0 Å². The summed E-state index contributed by atoms with van der Waals surface area (Å²) in [5.74, 6) is 0. The van der Waals surface area contributed by atoms with E-state index in [0.717, 1.165) is 0 Å². The van der Waals surface area contributed by atoms with Crippen LogP contribution < -0.4 is 10.6 Å². The third-order valence-electron chi connectivity index (χ3n) is 1.52. The van der Waals surface area contributed by atoms with Crippen LogP contribution in [0.2, 0.25) is 0 Å². The molecule has 0 atom stereocenters. The molecular formula is C12H30N2. The molecule has 0 radical (unpaired) electrons. The molecule has 14 heavy (non-hydrogen) atoms. The second-order valence-corrected chi connectivity index (χ2v) is 4.23. The van der Waals surface area contributed by atoms with Crippen LogP contribution in [0.4, 0.5) is 0 Å². The quantitative estimate of drug-likeness (QED) is 0.647. The first kappa shape index (κ1) is 16.4. The highest BCUT2D eigenvalue weighted by Gasteiger charge is 1.92. The topological polar surface area (TPSA) is 24.1 Å². The van der Waals surface area contributed by atoms with E-state index in [0.29, 0.717) is 12.1 Å². The second kappa shape index (κ2) is 12.9. The van der Waals surface area contributed by atoms with Crippen LogP contribution in [0.3, 0.4) is 0 Å². The van der Waals surface area contributed by atoms with Crippen LogP contribution >= 0.6 is 0 Å². The first-order valence-electron chi connectivity index (χ1n) is 6.01. The minimum absolute atomic E-state index is 0.625. The van der Waals surface area contributed by atoms with E-state index in [4.69, 9.17) is 0 Å². The Morgan fingerprint density at radius 3 is 1.29 bits per heavy atom. The van der Waals surface area contributed by atoms with Crippen molar-refractivity contribution in [3.8, 4) is 0 Å². The number of hydrogen-bond donors (Lipinski definition) is 2. The van der Waals surface area contributed by atoms with Gasteiger partial charge in [-0.05, 0) is 25.9 Å². The smallest absolute Gasteiger partial charge is 0.00127 e. The van der Waals surface area contributed by atoms with E-state index >= 15 is 0 Å². The SMILES string of the molecule is CC(C)NC(C)C.CCCNCCC. The summed E-state index contributed by atoms with van der Waals surface area (Å²) in [6.07, 6.45) is 2.50. The molecule has 0 aromatic carbocycles. The Balaban J connectivity index is 0. The van der Waals surface area contributed by atoms with Gasteiger partial charge >= 0.3 is 0 Å². The fraction of sp³-hybridized carbons (Fsp3) is 1.00. The predicted octanol–water partition coefficient (Wildman–Crippen LogP) is 2.79. The minimum Gasteiger partial charge on any atom is -0.317 e. The zero-order valence-electron chi connectivity index (χ0n) is 11.0. The third kappa shape index (κ3) is 22.7. The van der Waals surface area contributed by atoms with Gasteiger partial charge in [-0.15, -0.1) is 0 Å². The molecule has 0 unspecified atom stereocenters. The maximum atomic E-state index is 3.31. The molecule has 2 heteroatoms. The lowest BCUT2D eigenvalue weighted by Gasteiger charge is -2.10. The van der Waals surface area contributed by atoms with Gasteiger partial charge in [0, 0.05) is 12.1 Å². The minimum atomic E-state index is 0.625. The van der Waals surface area contributed by atoms with Crippen LogP contribution in [0.15, 0.2) is 0 Å². The van der Waals surface area contributed by atoms with Crippen molar-refractivity contribution in [2.75, 3.05) is 13.1 Å². The summed E-state index contributed by atoms with van der Waals surface area (Å²) >= 11 is 0. The molecule has 0 aliphatic rings. The highest BCUT2D eigenvalue weighted by atomic mass is 14.9. The second-order valence-electron chi connectivity index (χ2n) is 4.23. The van der Waals surface area contributed by atoms with Gasteiger partial charge in [0.1, 0.15) is 0 Å². The van der Waals surface area contributed by atoms with E-state index in [-0.39, 0.29) is 0 Å². The number of hydrogen-bond acceptors (Lipinski definition) is 2. The first-order valence-corrected chi connectivity index (χ1v) is 6.01. The fourth-order valence-corrected chi connectivity index (χ4v) is 1.15. The molecule has 0 aliphatic carbocycles. The van der Waals surface area contributed by atoms with Gasteiger partial charge in [0.15, 0.2) is 0 Å². The molecular weight excluding hydrogens is 172 g/mol. The Kier molecular flexibility index (Phi) is 15.1. The van der Waals surface area contributed by atoms with Crippen molar-refractivity contribution in [3.63, 3.8) is 0 Å². The normalized spacial score (nSPS) is 10.3. The van der Waals surface area contributed by atoms with Gasteiger partial charge in [0.05, 0.1) is 0 Å². The molecule has 0 saturated carbocycles. The highest BCUT2D eigenvalue weighted by molar-refractivity contribution is 4.55. The summed E-state index contributed by atoms with van der Waals surface area (Å²) in [7, 11) is 0. The summed E-state index contributed by atoms with van der Waals surface area (Å²) in [5, 5.41) is 6.59. The van der Waals surface area contributed by atoms with Crippen LogP contribution in [0.25, 0.3) is 0 Å². The Hall–Kier alpha value is -0.0800. The molecule has 0 spiro atoms. The van der Waals surface area contributed by atoms with Gasteiger partial charge in [-0.1, -0.05) is 41.5 Å². The van der Waals surface area contributed by atoms with Crippen LogP contribution in [0, 0.1) is 0 Å². The van der Waals surface area contributed by atoms with Crippen molar-refractivity contribution >= 4 is 0 Å². The Morgan fingerprint density at radius 1 is 0.786 bits per heavy atom. The van der Waals surface area contributed by atoms with Crippen molar-refractivity contribution in [3.05, 3.63) is 0 Å². The van der Waals surface area contributed by atoms with Crippen molar-refractivity contribution in [2.24, 2.45) is 0 Å². The molecule has 88 valence electrons. The van der Waals surface area contributed by atoms with Crippen LogP contribution in [-0.2, 0) is 0 Å². The summed E-state index contributed by atoms with van der Waals surface area (Å²) < 4.78 is 0. The van der Waals surface area contributed by atoms with Crippen LogP contribution in [0.1, 0.15) is 54.4 Å². The molecule has 2 N–H and O–H groups in total. The largest absolute Gasteiger partial charge is 0.317 e. The van der Waals surface area contributed by atoms with Gasteiger partial charge in [0.25, 0.3) is 0 Å². The zero-order valence-corrected chi connectivity index (χ0v) is 11.0. The van der Waals surface area contributed by atoms with E-state index in [1.165, 1.54) is 25.9 Å². The van der Waals surface area contributed by atoms with E-state index < -0.39 is 0 Å². The van der Waals surface area contributed by atoms with E-state index in [1.807, 2.05) is 0 Å². The number of rotatable bonds is 6. The monoisotopic (exact) mass is 202 g/mol.